The van der Waals surface area contributed by atoms with Gasteiger partial charge >= 0.3 is 0 Å². The first-order chi connectivity index (χ1) is 22.6. The molecule has 0 aromatic heterocycles. The third-order valence-corrected chi connectivity index (χ3v) is 9.29. The van der Waals surface area contributed by atoms with E-state index in [9.17, 15) is 33.6 Å². The normalized spacial score (nSPS) is 20.5. The summed E-state index contributed by atoms with van der Waals surface area (Å²) in [7, 11) is 0.826. The Morgan fingerprint density at radius 2 is 1.73 bits per heavy atom. The van der Waals surface area contributed by atoms with E-state index >= 15 is 0 Å². The summed E-state index contributed by atoms with van der Waals surface area (Å²) < 4.78 is 12.3. The number of hydrogen-bond donors (Lipinski definition) is 8. The quantitative estimate of drug-likeness (QED) is 0.157. The number of rotatable bonds is 11. The fraction of sp³-hybridized carbons (Fsp3) is 0.515. The van der Waals surface area contributed by atoms with Gasteiger partial charge in [0.15, 0.2) is 6.10 Å². The van der Waals surface area contributed by atoms with Crippen molar-refractivity contribution in [3.05, 3.63) is 59.9 Å². The lowest BCUT2D eigenvalue weighted by atomic mass is 9.77. The molecule has 1 saturated carbocycles. The number of carbonyl (C=O) groups is 4. The van der Waals surface area contributed by atoms with Crippen LogP contribution in [-0.2, 0) is 25.4 Å². The molecule has 4 amide bonds. The predicted molar refractivity (Wildman–Crippen MR) is 184 cm³/mol. The molecule has 1 aliphatic carbocycles. The number of aliphatic hydroxyl groups is 2. The van der Waals surface area contributed by atoms with Crippen LogP contribution < -0.4 is 32.1 Å². The summed E-state index contributed by atoms with van der Waals surface area (Å²) >= 11 is 0. The number of nitrogens with two attached hydrogens (primary N) is 2. The van der Waals surface area contributed by atoms with E-state index in [1.807, 2.05) is 30.3 Å². The van der Waals surface area contributed by atoms with Gasteiger partial charge < -0.3 is 42.5 Å². The molecule has 1 heterocycles. The zero-order chi connectivity index (χ0) is 35.6. The lowest BCUT2D eigenvalue weighted by Gasteiger charge is -2.41. The minimum atomic E-state index is -1.58. The second-order valence-electron chi connectivity index (χ2n) is 12.7. The number of primary amides is 1. The van der Waals surface area contributed by atoms with Crippen molar-refractivity contribution in [1.29, 1.82) is 0 Å². The van der Waals surface area contributed by atoms with Gasteiger partial charge in [-0.3, -0.25) is 19.2 Å². The second kappa shape index (κ2) is 16.9. The van der Waals surface area contributed by atoms with Crippen molar-refractivity contribution in [1.82, 2.24) is 25.6 Å². The van der Waals surface area contributed by atoms with Crippen LogP contribution in [0.25, 0.3) is 10.8 Å². The Morgan fingerprint density at radius 1 is 1.10 bits per heavy atom. The first-order valence-electron chi connectivity index (χ1n) is 15.9. The number of fused-ring (bicyclic) bond motifs is 1. The number of likely N-dealkylation sites (tertiary alicyclic amines) is 1. The van der Waals surface area contributed by atoms with Crippen molar-refractivity contribution < 1.29 is 33.6 Å². The summed E-state index contributed by atoms with van der Waals surface area (Å²) in [5.41, 5.74) is 9.36. The van der Waals surface area contributed by atoms with E-state index in [0.29, 0.717) is 36.9 Å². The van der Waals surface area contributed by atoms with E-state index in [-0.39, 0.29) is 19.5 Å². The highest BCUT2D eigenvalue weighted by Crippen LogP contribution is 2.32. The minimum absolute atomic E-state index is 0.0849. The summed E-state index contributed by atoms with van der Waals surface area (Å²) in [5.74, 6) is -2.40. The lowest BCUT2D eigenvalue weighted by Crippen LogP contribution is -2.64. The smallest absolute Gasteiger partial charge is 0.251 e. The zero-order valence-corrected chi connectivity index (χ0v) is 28.8. The van der Waals surface area contributed by atoms with Crippen molar-refractivity contribution in [2.24, 2.45) is 11.5 Å². The SMILES string of the molecule is CC(C)(O)/C(=C/N)NC1CC(C(=O)NC2(C(O)C(N)=O)CCCCC2)N(C(=O)CNC(=O)c2ccc3ccccc3c2)C1.CNS(C)=O. The molecule has 2 aliphatic rings. The Hall–Kier alpha value is -4.05. The number of carbonyl (C=O) groups excluding carboxylic acids is 4. The average Bonchev–Trinajstić information content (AvgIpc) is 3.49. The van der Waals surface area contributed by atoms with E-state index in [4.69, 9.17) is 11.5 Å². The zero-order valence-electron chi connectivity index (χ0n) is 28.0. The Kier molecular flexibility index (Phi) is 13.5. The first kappa shape index (κ1) is 38.4. The topological polar surface area (TPSA) is 229 Å². The van der Waals surface area contributed by atoms with Gasteiger partial charge in [-0.05, 0) is 63.1 Å². The fourth-order valence-electron chi connectivity index (χ4n) is 6.05. The largest absolute Gasteiger partial charge is 0.403 e. The summed E-state index contributed by atoms with van der Waals surface area (Å²) in [4.78, 5) is 53.6. The van der Waals surface area contributed by atoms with Gasteiger partial charge in [0.1, 0.15) is 6.04 Å². The molecule has 2 aromatic rings. The molecule has 264 valence electrons. The molecule has 0 radical (unpaired) electrons. The van der Waals surface area contributed by atoms with Gasteiger partial charge in [-0.25, -0.2) is 8.93 Å². The van der Waals surface area contributed by atoms with Gasteiger partial charge in [0.05, 0.1) is 34.4 Å². The van der Waals surface area contributed by atoms with Crippen molar-refractivity contribution >= 4 is 45.4 Å². The average molecular weight is 688 g/mol. The number of amides is 4. The molecule has 0 bridgehead atoms. The highest BCUT2D eigenvalue weighted by atomic mass is 32.2. The van der Waals surface area contributed by atoms with E-state index in [0.717, 1.165) is 17.2 Å². The maximum absolute atomic E-state index is 13.8. The summed E-state index contributed by atoms with van der Waals surface area (Å²) in [6.07, 6.45) is 4.41. The Balaban J connectivity index is 0.00000116. The van der Waals surface area contributed by atoms with Gasteiger partial charge in [-0.1, -0.05) is 49.6 Å². The summed E-state index contributed by atoms with van der Waals surface area (Å²) in [6.45, 7) is 2.84. The molecule has 10 N–H and O–H groups in total. The minimum Gasteiger partial charge on any atom is -0.403 e. The molecule has 2 fully saturated rings. The molecular formula is C33H49N7O7S. The number of benzene rings is 2. The first-order valence-corrected chi connectivity index (χ1v) is 17.5. The molecule has 1 saturated heterocycles. The van der Waals surface area contributed by atoms with Gasteiger partial charge in [0, 0.05) is 30.6 Å². The van der Waals surface area contributed by atoms with Crippen molar-refractivity contribution in [2.45, 2.75) is 81.7 Å². The Bertz CT molecular complexity index is 1520. The molecule has 0 spiro atoms. The molecule has 48 heavy (non-hydrogen) atoms. The fourth-order valence-corrected chi connectivity index (χ4v) is 6.05. The van der Waals surface area contributed by atoms with E-state index in [1.165, 1.54) is 11.1 Å². The molecule has 4 atom stereocenters. The second-order valence-corrected chi connectivity index (χ2v) is 14.0. The van der Waals surface area contributed by atoms with E-state index in [1.54, 1.807) is 39.3 Å². The Morgan fingerprint density at radius 3 is 2.29 bits per heavy atom. The molecule has 14 nitrogen and oxygen atoms in total. The van der Waals surface area contributed by atoms with Crippen LogP contribution in [0.4, 0.5) is 0 Å². The number of nitrogens with one attached hydrogen (secondary N) is 4. The van der Waals surface area contributed by atoms with Crippen LogP contribution in [-0.4, -0.2) is 98.7 Å². The number of aliphatic hydroxyl groups excluding tert-OH is 1. The standard InChI is InChI=1S/C31H42N6O6.C2H7NOS/c1-30(2,43)24(16-32)35-22-15-23(29(42)36-31(26(39)27(33)40)12-6-3-7-13-31)37(18-22)25(38)17-34-28(41)21-11-10-19-8-4-5-9-20(19)14-21;1-3-5(2)4/h4-5,8-11,14,16,22-23,26,35,39,43H,3,6-7,12-13,15,17-18,32H2,1-2H3,(H2,33,40)(H,34,41)(H,36,42);3H,1-2H3/b24-16-;. The third-order valence-electron chi connectivity index (χ3n) is 8.72. The van der Waals surface area contributed by atoms with E-state index < -0.39 is 63.9 Å². The number of nitrogens with zero attached hydrogens (tertiary/aromatic N) is 1. The van der Waals surface area contributed by atoms with E-state index in [2.05, 4.69) is 20.7 Å². The predicted octanol–water partition coefficient (Wildman–Crippen LogP) is -0.136. The molecule has 15 heteroatoms. The summed E-state index contributed by atoms with van der Waals surface area (Å²) in [6, 6.07) is 11.4. The van der Waals surface area contributed by atoms with Crippen LogP contribution in [0.15, 0.2) is 54.4 Å². The highest BCUT2D eigenvalue weighted by Gasteiger charge is 2.47. The molecule has 1 aliphatic heterocycles. The Labute approximate surface area is 283 Å². The van der Waals surface area contributed by atoms with Gasteiger partial charge in [0.2, 0.25) is 17.7 Å². The highest BCUT2D eigenvalue weighted by molar-refractivity contribution is 7.82. The molecule has 4 unspecified atom stereocenters. The van der Waals surface area contributed by atoms with Crippen LogP contribution in [0.1, 0.15) is 62.7 Å². The lowest BCUT2D eigenvalue weighted by molar-refractivity contribution is -0.142. The van der Waals surface area contributed by atoms with Crippen molar-refractivity contribution in [3.8, 4) is 0 Å². The van der Waals surface area contributed by atoms with Crippen LogP contribution in [0, 0.1) is 0 Å². The maximum atomic E-state index is 13.8. The van der Waals surface area contributed by atoms with Crippen LogP contribution >= 0.6 is 0 Å². The third kappa shape index (κ3) is 9.98. The van der Waals surface area contributed by atoms with Crippen LogP contribution in [0.3, 0.4) is 0 Å². The molecule has 4 rings (SSSR count). The summed E-state index contributed by atoms with van der Waals surface area (Å²) in [5, 5.41) is 31.7. The van der Waals surface area contributed by atoms with Gasteiger partial charge in [-0.15, -0.1) is 0 Å². The van der Waals surface area contributed by atoms with Gasteiger partial charge in [-0.2, -0.15) is 0 Å². The van der Waals surface area contributed by atoms with Crippen LogP contribution in [0.2, 0.25) is 0 Å². The monoisotopic (exact) mass is 687 g/mol. The maximum Gasteiger partial charge on any atom is 0.251 e. The molecule has 2 aromatic carbocycles. The number of hydrogen-bond acceptors (Lipinski definition) is 9. The van der Waals surface area contributed by atoms with Gasteiger partial charge in [0.25, 0.3) is 5.91 Å². The van der Waals surface area contributed by atoms with Crippen molar-refractivity contribution in [2.75, 3.05) is 26.4 Å². The van der Waals surface area contributed by atoms with Crippen LogP contribution in [0.5, 0.6) is 0 Å². The van der Waals surface area contributed by atoms with Crippen molar-refractivity contribution in [3.63, 3.8) is 0 Å². The molecular weight excluding hydrogens is 638 g/mol.